The zero-order chi connectivity index (χ0) is 9.97. The lowest BCUT2D eigenvalue weighted by Crippen LogP contribution is -1.82. The van der Waals surface area contributed by atoms with Crippen LogP contribution in [0.5, 0.6) is 0 Å². The summed E-state index contributed by atoms with van der Waals surface area (Å²) in [5.41, 5.74) is 1.17. The second-order valence-electron chi connectivity index (χ2n) is 2.56. The molecule has 0 fully saturated rings. The normalized spacial score (nSPS) is 10.0. The number of nitriles is 1. The van der Waals surface area contributed by atoms with Gasteiger partial charge in [0.05, 0.1) is 4.88 Å². The van der Waals surface area contributed by atoms with E-state index in [2.05, 4.69) is 21.1 Å². The van der Waals surface area contributed by atoms with Crippen LogP contribution in [0.4, 0.5) is 0 Å². The second kappa shape index (κ2) is 3.95. The lowest BCUT2D eigenvalue weighted by atomic mass is 10.2. The minimum Gasteiger partial charge on any atom is -0.354 e. The Morgan fingerprint density at radius 3 is 3.07 bits per heavy atom. The van der Waals surface area contributed by atoms with Crippen molar-refractivity contribution >= 4 is 27.3 Å². The van der Waals surface area contributed by atoms with Crippen LogP contribution in [-0.2, 0) is 5.33 Å². The molecule has 0 aliphatic rings. The Bertz CT molecular complexity index is 469. The Morgan fingerprint density at radius 2 is 2.50 bits per heavy atom. The summed E-state index contributed by atoms with van der Waals surface area (Å²) in [4.78, 5) is 0.994. The maximum atomic E-state index is 8.77. The fraction of sp³-hybridized carbons (Fsp3) is 0.111. The van der Waals surface area contributed by atoms with Crippen LogP contribution in [0.15, 0.2) is 22.0 Å². The third-order valence-corrected chi connectivity index (χ3v) is 3.20. The van der Waals surface area contributed by atoms with Crippen LogP contribution >= 0.6 is 27.3 Å². The molecule has 2 aromatic rings. The standard InChI is InChI=1S/C9H5BrN2OS/c10-4-6-7(5-11)12-13-9(6)8-2-1-3-14-8/h1-3H,4H2. The van der Waals surface area contributed by atoms with Crippen molar-refractivity contribution < 1.29 is 4.52 Å². The minimum absolute atomic E-state index is 0.352. The van der Waals surface area contributed by atoms with Gasteiger partial charge in [-0.3, -0.25) is 0 Å². The number of alkyl halides is 1. The molecule has 5 heteroatoms. The van der Waals surface area contributed by atoms with Gasteiger partial charge in [0, 0.05) is 10.9 Å². The second-order valence-corrected chi connectivity index (χ2v) is 4.07. The van der Waals surface area contributed by atoms with Gasteiger partial charge in [-0.25, -0.2) is 0 Å². The van der Waals surface area contributed by atoms with Crippen LogP contribution in [-0.4, -0.2) is 5.16 Å². The van der Waals surface area contributed by atoms with Gasteiger partial charge < -0.3 is 4.52 Å². The number of hydrogen-bond acceptors (Lipinski definition) is 4. The van der Waals surface area contributed by atoms with Crippen molar-refractivity contribution in [3.05, 3.63) is 28.8 Å². The Morgan fingerprint density at radius 1 is 1.64 bits per heavy atom. The summed E-state index contributed by atoms with van der Waals surface area (Å²) in [5.74, 6) is 0.688. The SMILES string of the molecule is N#Cc1noc(-c2cccs2)c1CBr. The molecule has 3 nitrogen and oxygen atoms in total. The van der Waals surface area contributed by atoms with Crippen LogP contribution in [0.1, 0.15) is 11.3 Å². The summed E-state index contributed by atoms with van der Waals surface area (Å²) in [6, 6.07) is 5.88. The van der Waals surface area contributed by atoms with Crippen LogP contribution < -0.4 is 0 Å². The molecule has 2 aromatic heterocycles. The third-order valence-electron chi connectivity index (χ3n) is 1.77. The molecule has 0 radical (unpaired) electrons. The monoisotopic (exact) mass is 268 g/mol. The predicted octanol–water partition coefficient (Wildman–Crippen LogP) is 3.17. The molecule has 0 saturated heterocycles. The van der Waals surface area contributed by atoms with E-state index >= 15 is 0 Å². The average molecular weight is 269 g/mol. The van der Waals surface area contributed by atoms with Crippen molar-refractivity contribution in [2.24, 2.45) is 0 Å². The van der Waals surface area contributed by atoms with E-state index < -0.39 is 0 Å². The number of rotatable bonds is 2. The van der Waals surface area contributed by atoms with Crippen LogP contribution in [0.25, 0.3) is 10.6 Å². The molecule has 2 rings (SSSR count). The maximum Gasteiger partial charge on any atom is 0.188 e. The first-order valence-electron chi connectivity index (χ1n) is 3.85. The molecule has 14 heavy (non-hydrogen) atoms. The van der Waals surface area contributed by atoms with Crippen LogP contribution in [0.3, 0.4) is 0 Å². The largest absolute Gasteiger partial charge is 0.354 e. The number of halogens is 1. The van der Waals surface area contributed by atoms with Crippen molar-refractivity contribution in [2.75, 3.05) is 0 Å². The summed E-state index contributed by atoms with van der Waals surface area (Å²) in [7, 11) is 0. The zero-order valence-electron chi connectivity index (χ0n) is 7.03. The highest BCUT2D eigenvalue weighted by atomic mass is 79.9. The summed E-state index contributed by atoms with van der Waals surface area (Å²) in [6.45, 7) is 0. The molecule has 0 atom stereocenters. The Kier molecular flexibility index (Phi) is 2.66. The van der Waals surface area contributed by atoms with Crippen molar-refractivity contribution in [3.63, 3.8) is 0 Å². The molecular weight excluding hydrogens is 264 g/mol. The van der Waals surface area contributed by atoms with Crippen molar-refractivity contribution in [1.29, 1.82) is 5.26 Å². The average Bonchev–Trinajstić information content (AvgIpc) is 2.85. The zero-order valence-corrected chi connectivity index (χ0v) is 9.43. The van der Waals surface area contributed by atoms with E-state index in [1.54, 1.807) is 11.3 Å². The quantitative estimate of drug-likeness (QED) is 0.787. The van der Waals surface area contributed by atoms with Gasteiger partial charge in [0.25, 0.3) is 0 Å². The van der Waals surface area contributed by atoms with E-state index in [9.17, 15) is 0 Å². The van der Waals surface area contributed by atoms with E-state index in [1.807, 2.05) is 23.6 Å². The van der Waals surface area contributed by atoms with Crippen molar-refractivity contribution in [3.8, 4) is 16.7 Å². The molecule has 70 valence electrons. The fourth-order valence-corrected chi connectivity index (χ4v) is 2.37. The maximum absolute atomic E-state index is 8.77. The molecule has 0 aliphatic heterocycles. The molecule has 0 N–H and O–H groups in total. The third kappa shape index (κ3) is 1.47. The first kappa shape index (κ1) is 9.44. The minimum atomic E-state index is 0.352. The first-order chi connectivity index (χ1) is 6.86. The number of thiophene rings is 1. The molecular formula is C9H5BrN2OS. The van der Waals surface area contributed by atoms with E-state index in [4.69, 9.17) is 9.78 Å². The van der Waals surface area contributed by atoms with Crippen LogP contribution in [0, 0.1) is 11.3 Å². The molecule has 0 saturated carbocycles. The Hall–Kier alpha value is -1.12. The summed E-state index contributed by atoms with van der Waals surface area (Å²) in [5, 5.41) is 15.0. The van der Waals surface area contributed by atoms with E-state index in [1.165, 1.54) is 0 Å². The highest BCUT2D eigenvalue weighted by molar-refractivity contribution is 9.08. The van der Waals surface area contributed by atoms with Crippen molar-refractivity contribution in [1.82, 2.24) is 5.16 Å². The Balaban J connectivity index is 2.55. The molecule has 2 heterocycles. The summed E-state index contributed by atoms with van der Waals surface area (Å²) >= 11 is 4.88. The summed E-state index contributed by atoms with van der Waals surface area (Å²) < 4.78 is 5.13. The molecule has 0 amide bonds. The lowest BCUT2D eigenvalue weighted by molar-refractivity contribution is 0.430. The van der Waals surface area contributed by atoms with Gasteiger partial charge >= 0.3 is 0 Å². The highest BCUT2D eigenvalue weighted by Gasteiger charge is 2.16. The number of aromatic nitrogens is 1. The number of nitrogens with zero attached hydrogens (tertiary/aromatic N) is 2. The van der Waals surface area contributed by atoms with E-state index in [0.29, 0.717) is 16.8 Å². The summed E-state index contributed by atoms with van der Waals surface area (Å²) in [6.07, 6.45) is 0. The van der Waals surface area contributed by atoms with Gasteiger partial charge in [-0.05, 0) is 11.4 Å². The van der Waals surface area contributed by atoms with Crippen LogP contribution in [0.2, 0.25) is 0 Å². The highest BCUT2D eigenvalue weighted by Crippen LogP contribution is 2.31. The van der Waals surface area contributed by atoms with E-state index in [0.717, 1.165) is 10.4 Å². The first-order valence-corrected chi connectivity index (χ1v) is 5.85. The molecule has 0 aromatic carbocycles. The van der Waals surface area contributed by atoms with Gasteiger partial charge in [-0.1, -0.05) is 27.2 Å². The van der Waals surface area contributed by atoms with Crippen molar-refractivity contribution in [2.45, 2.75) is 5.33 Å². The fourth-order valence-electron chi connectivity index (χ4n) is 1.12. The van der Waals surface area contributed by atoms with Gasteiger partial charge in [-0.2, -0.15) is 5.26 Å². The lowest BCUT2D eigenvalue weighted by Gasteiger charge is -1.92. The smallest absolute Gasteiger partial charge is 0.188 e. The Labute approximate surface area is 93.1 Å². The van der Waals surface area contributed by atoms with Gasteiger partial charge in [0.15, 0.2) is 11.5 Å². The number of hydrogen-bond donors (Lipinski definition) is 0. The van der Waals surface area contributed by atoms with Gasteiger partial charge in [0.2, 0.25) is 0 Å². The topological polar surface area (TPSA) is 49.8 Å². The molecule has 0 spiro atoms. The van der Waals surface area contributed by atoms with Gasteiger partial charge in [0.1, 0.15) is 6.07 Å². The molecule has 0 unspecified atom stereocenters. The predicted molar refractivity (Wildman–Crippen MR) is 57.2 cm³/mol. The van der Waals surface area contributed by atoms with Gasteiger partial charge in [-0.15, -0.1) is 11.3 Å². The molecule has 0 bridgehead atoms. The molecule has 0 aliphatic carbocycles. The van der Waals surface area contributed by atoms with E-state index in [-0.39, 0.29) is 0 Å².